The quantitative estimate of drug-likeness (QED) is 0.780. The number of imidazole rings is 1. The zero-order valence-electron chi connectivity index (χ0n) is 9.62. The van der Waals surface area contributed by atoms with Gasteiger partial charge in [0.1, 0.15) is 5.82 Å². The molecule has 2 unspecified atom stereocenters. The molecule has 1 aromatic rings. The van der Waals surface area contributed by atoms with Gasteiger partial charge in [-0.15, -0.1) is 0 Å². The van der Waals surface area contributed by atoms with Crippen LogP contribution >= 0.6 is 0 Å². The predicted octanol–water partition coefficient (Wildman–Crippen LogP) is 2.14. The maximum Gasteiger partial charge on any atom is 0.105 e. The molecule has 0 fully saturated rings. The summed E-state index contributed by atoms with van der Waals surface area (Å²) in [5.41, 5.74) is 0. The normalized spacial score (nSPS) is 15.4. The number of hydrogen-bond donors (Lipinski definition) is 1. The summed E-state index contributed by atoms with van der Waals surface area (Å²) in [5.74, 6) is 1.09. The van der Waals surface area contributed by atoms with E-state index in [0.29, 0.717) is 12.1 Å². The van der Waals surface area contributed by atoms with Crippen LogP contribution in [0.15, 0.2) is 12.4 Å². The Morgan fingerprint density at radius 1 is 1.50 bits per heavy atom. The summed E-state index contributed by atoms with van der Waals surface area (Å²) in [6.45, 7) is 9.67. The largest absolute Gasteiger partial charge is 0.331 e. The lowest BCUT2D eigenvalue weighted by atomic mass is 10.2. The second kappa shape index (κ2) is 5.15. The lowest BCUT2D eigenvalue weighted by Crippen LogP contribution is -2.31. The molecule has 0 saturated heterocycles. The third kappa shape index (κ3) is 2.84. The summed E-state index contributed by atoms with van der Waals surface area (Å²) in [5, 5.41) is 3.50. The molecule has 80 valence electrons. The van der Waals surface area contributed by atoms with Crippen LogP contribution in [-0.4, -0.2) is 22.1 Å². The molecule has 1 rings (SSSR count). The van der Waals surface area contributed by atoms with Gasteiger partial charge in [-0.05, 0) is 27.2 Å². The molecule has 0 amide bonds. The minimum atomic E-state index is 0.478. The van der Waals surface area contributed by atoms with Crippen LogP contribution in [0.1, 0.15) is 39.1 Å². The molecule has 1 heterocycles. The van der Waals surface area contributed by atoms with Crippen molar-refractivity contribution in [3.63, 3.8) is 0 Å². The van der Waals surface area contributed by atoms with E-state index in [0.717, 1.165) is 12.4 Å². The fourth-order valence-electron chi connectivity index (χ4n) is 1.47. The van der Waals surface area contributed by atoms with E-state index in [9.17, 15) is 0 Å². The molecule has 2 atom stereocenters. The highest BCUT2D eigenvalue weighted by Crippen LogP contribution is 2.07. The van der Waals surface area contributed by atoms with Crippen LogP contribution in [0.5, 0.6) is 0 Å². The minimum Gasteiger partial charge on any atom is -0.331 e. The van der Waals surface area contributed by atoms with Crippen LogP contribution in [0.25, 0.3) is 0 Å². The van der Waals surface area contributed by atoms with Crippen molar-refractivity contribution in [1.29, 1.82) is 0 Å². The highest BCUT2D eigenvalue weighted by molar-refractivity contribution is 4.91. The Bertz CT molecular complexity index is 267. The van der Waals surface area contributed by atoms with Gasteiger partial charge in [0.05, 0.1) is 0 Å². The Kier molecular flexibility index (Phi) is 4.14. The molecule has 0 radical (unpaired) electrons. The van der Waals surface area contributed by atoms with Crippen molar-refractivity contribution in [2.75, 3.05) is 6.54 Å². The predicted molar refractivity (Wildman–Crippen MR) is 59.4 cm³/mol. The van der Waals surface area contributed by atoms with Crippen molar-refractivity contribution in [3.05, 3.63) is 18.2 Å². The topological polar surface area (TPSA) is 29.9 Å². The maximum absolute atomic E-state index is 4.22. The first-order valence-electron chi connectivity index (χ1n) is 5.38. The zero-order chi connectivity index (χ0) is 10.6. The first-order valence-corrected chi connectivity index (χ1v) is 5.38. The first kappa shape index (κ1) is 11.2. The molecule has 1 aromatic heterocycles. The van der Waals surface area contributed by atoms with Crippen molar-refractivity contribution in [3.8, 4) is 0 Å². The monoisotopic (exact) mass is 195 g/mol. The van der Waals surface area contributed by atoms with E-state index in [1.807, 2.05) is 19.3 Å². The molecule has 14 heavy (non-hydrogen) atoms. The van der Waals surface area contributed by atoms with Gasteiger partial charge >= 0.3 is 0 Å². The van der Waals surface area contributed by atoms with Gasteiger partial charge in [-0.1, -0.05) is 6.92 Å². The molecule has 0 saturated carbocycles. The fraction of sp³-hybridized carbons (Fsp3) is 0.727. The summed E-state index contributed by atoms with van der Waals surface area (Å²) in [6.07, 6.45) is 5.07. The average Bonchev–Trinajstić information content (AvgIpc) is 2.60. The lowest BCUT2D eigenvalue weighted by Gasteiger charge is -2.18. The van der Waals surface area contributed by atoms with Crippen LogP contribution in [0.3, 0.4) is 0 Å². The van der Waals surface area contributed by atoms with E-state index in [-0.39, 0.29) is 0 Å². The second-order valence-corrected chi connectivity index (χ2v) is 3.95. The molecule has 0 aromatic carbocycles. The Morgan fingerprint density at radius 2 is 2.21 bits per heavy atom. The van der Waals surface area contributed by atoms with Crippen LogP contribution in [-0.2, 0) is 0 Å². The van der Waals surface area contributed by atoms with E-state index >= 15 is 0 Å². The molecule has 0 aliphatic heterocycles. The van der Waals surface area contributed by atoms with Crippen molar-refractivity contribution < 1.29 is 0 Å². The van der Waals surface area contributed by atoms with Gasteiger partial charge in [0, 0.05) is 31.0 Å². The number of nitrogens with one attached hydrogen (secondary N) is 1. The van der Waals surface area contributed by atoms with Gasteiger partial charge in [-0.2, -0.15) is 0 Å². The third-order valence-corrected chi connectivity index (χ3v) is 2.71. The fourth-order valence-corrected chi connectivity index (χ4v) is 1.47. The maximum atomic E-state index is 4.22. The van der Waals surface area contributed by atoms with E-state index in [2.05, 4.69) is 35.6 Å². The van der Waals surface area contributed by atoms with Gasteiger partial charge in [0.15, 0.2) is 0 Å². The summed E-state index contributed by atoms with van der Waals surface area (Å²) in [4.78, 5) is 4.22. The molecular formula is C11H21N3. The van der Waals surface area contributed by atoms with E-state index < -0.39 is 0 Å². The molecule has 1 N–H and O–H groups in total. The van der Waals surface area contributed by atoms with Crippen LogP contribution in [0.2, 0.25) is 0 Å². The highest BCUT2D eigenvalue weighted by Gasteiger charge is 2.07. The zero-order valence-corrected chi connectivity index (χ0v) is 9.62. The minimum absolute atomic E-state index is 0.478. The van der Waals surface area contributed by atoms with E-state index in [1.165, 1.54) is 6.42 Å². The molecule has 0 aliphatic carbocycles. The summed E-state index contributed by atoms with van der Waals surface area (Å²) < 4.78 is 2.20. The Labute approximate surface area is 86.5 Å². The van der Waals surface area contributed by atoms with Crippen LogP contribution in [0.4, 0.5) is 0 Å². The summed E-state index contributed by atoms with van der Waals surface area (Å²) in [7, 11) is 0. The molecule has 0 aliphatic rings. The molecule has 0 spiro atoms. The smallest absolute Gasteiger partial charge is 0.105 e. The molecular weight excluding hydrogens is 174 g/mol. The number of rotatable bonds is 5. The van der Waals surface area contributed by atoms with Gasteiger partial charge in [-0.25, -0.2) is 4.98 Å². The van der Waals surface area contributed by atoms with Gasteiger partial charge in [0.25, 0.3) is 0 Å². The number of nitrogens with zero attached hydrogens (tertiary/aromatic N) is 2. The number of aryl methyl sites for hydroxylation is 1. The molecule has 3 heteroatoms. The molecule has 0 bridgehead atoms. The van der Waals surface area contributed by atoms with E-state index in [1.54, 1.807) is 0 Å². The lowest BCUT2D eigenvalue weighted by molar-refractivity contribution is 0.439. The Hall–Kier alpha value is -0.830. The molecule has 3 nitrogen and oxygen atoms in total. The Morgan fingerprint density at radius 3 is 2.71 bits per heavy atom. The average molecular weight is 195 g/mol. The number of aromatic nitrogens is 2. The summed E-state index contributed by atoms with van der Waals surface area (Å²) >= 11 is 0. The van der Waals surface area contributed by atoms with Crippen molar-refractivity contribution in [1.82, 2.24) is 14.9 Å². The third-order valence-electron chi connectivity index (χ3n) is 2.71. The SMILES string of the molecule is CCC(C)NCC(C)n1ccnc1C. The number of hydrogen-bond acceptors (Lipinski definition) is 2. The van der Waals surface area contributed by atoms with Crippen LogP contribution in [0, 0.1) is 6.92 Å². The second-order valence-electron chi connectivity index (χ2n) is 3.95. The van der Waals surface area contributed by atoms with Gasteiger partial charge in [-0.3, -0.25) is 0 Å². The van der Waals surface area contributed by atoms with Crippen LogP contribution < -0.4 is 5.32 Å². The van der Waals surface area contributed by atoms with E-state index in [4.69, 9.17) is 0 Å². The van der Waals surface area contributed by atoms with Crippen molar-refractivity contribution in [2.45, 2.75) is 46.2 Å². The van der Waals surface area contributed by atoms with Crippen molar-refractivity contribution >= 4 is 0 Å². The van der Waals surface area contributed by atoms with Gasteiger partial charge in [0.2, 0.25) is 0 Å². The standard InChI is InChI=1S/C11H21N3/c1-5-9(2)13-8-10(3)14-7-6-12-11(14)4/h6-7,9-10,13H,5,8H2,1-4H3. The van der Waals surface area contributed by atoms with Gasteiger partial charge < -0.3 is 9.88 Å². The highest BCUT2D eigenvalue weighted by atomic mass is 15.1. The van der Waals surface area contributed by atoms with Crippen molar-refractivity contribution in [2.24, 2.45) is 0 Å². The summed E-state index contributed by atoms with van der Waals surface area (Å²) in [6, 6.07) is 1.08. The first-order chi connectivity index (χ1) is 6.65. The Balaban J connectivity index is 2.43.